The summed E-state index contributed by atoms with van der Waals surface area (Å²) < 4.78 is 16.7. The molecule has 1 N–H and O–H groups in total. The smallest absolute Gasteiger partial charge is 0.286 e. The predicted molar refractivity (Wildman–Crippen MR) is 115 cm³/mol. The number of benzene rings is 2. The van der Waals surface area contributed by atoms with Gasteiger partial charge in [0.15, 0.2) is 18.2 Å². The van der Waals surface area contributed by atoms with Crippen molar-refractivity contribution in [3.63, 3.8) is 0 Å². The van der Waals surface area contributed by atoms with Gasteiger partial charge in [0.2, 0.25) is 5.91 Å². The third-order valence-electron chi connectivity index (χ3n) is 5.03. The average Bonchev–Trinajstić information content (AvgIpc) is 3.09. The van der Waals surface area contributed by atoms with Crippen LogP contribution in [0.15, 0.2) is 42.5 Å². The SMILES string of the molecule is COc1cccc2c1OCN(CCCOc1ccc(CC3SC(=O)NC3=O)cc1)C2=O. The van der Waals surface area contributed by atoms with Gasteiger partial charge in [0, 0.05) is 6.54 Å². The van der Waals surface area contributed by atoms with Crippen molar-refractivity contribution in [2.24, 2.45) is 0 Å². The molecule has 4 rings (SSSR count). The van der Waals surface area contributed by atoms with Crippen LogP contribution in [0, 0.1) is 0 Å². The number of hydrogen-bond donors (Lipinski definition) is 1. The van der Waals surface area contributed by atoms with E-state index in [0.29, 0.717) is 48.8 Å². The van der Waals surface area contributed by atoms with Crippen LogP contribution in [-0.4, -0.2) is 54.2 Å². The lowest BCUT2D eigenvalue weighted by atomic mass is 10.1. The number of nitrogens with zero attached hydrogens (tertiary/aromatic N) is 1. The van der Waals surface area contributed by atoms with Crippen molar-refractivity contribution in [3.05, 3.63) is 53.6 Å². The summed E-state index contributed by atoms with van der Waals surface area (Å²) >= 11 is 1.02. The number of carbonyl (C=O) groups is 3. The minimum atomic E-state index is -0.381. The summed E-state index contributed by atoms with van der Waals surface area (Å²) in [6, 6.07) is 12.7. The lowest BCUT2D eigenvalue weighted by molar-refractivity contribution is -0.118. The van der Waals surface area contributed by atoms with Crippen LogP contribution in [0.25, 0.3) is 0 Å². The standard InChI is InChI=1S/C22H22N2O6S/c1-28-17-5-2-4-16-19(17)30-13-24(21(16)26)10-3-11-29-15-8-6-14(7-9-15)12-18-20(25)23-22(27)31-18/h2,4-9,18H,3,10-13H2,1H3,(H,23,25,27). The fourth-order valence-electron chi connectivity index (χ4n) is 3.44. The summed E-state index contributed by atoms with van der Waals surface area (Å²) in [5, 5.41) is 1.61. The largest absolute Gasteiger partial charge is 0.494 e. The summed E-state index contributed by atoms with van der Waals surface area (Å²) in [7, 11) is 1.55. The Morgan fingerprint density at radius 2 is 1.97 bits per heavy atom. The first kappa shape index (κ1) is 21.0. The molecule has 1 atom stereocenters. The van der Waals surface area contributed by atoms with Crippen molar-refractivity contribution >= 4 is 28.8 Å². The maximum Gasteiger partial charge on any atom is 0.286 e. The monoisotopic (exact) mass is 442 g/mol. The van der Waals surface area contributed by atoms with Crippen molar-refractivity contribution in [2.75, 3.05) is 27.0 Å². The number of hydrogen-bond acceptors (Lipinski definition) is 7. The van der Waals surface area contributed by atoms with E-state index in [4.69, 9.17) is 14.2 Å². The van der Waals surface area contributed by atoms with Crippen molar-refractivity contribution < 1.29 is 28.6 Å². The van der Waals surface area contributed by atoms with Gasteiger partial charge in [-0.25, -0.2) is 0 Å². The predicted octanol–water partition coefficient (Wildman–Crippen LogP) is 2.85. The van der Waals surface area contributed by atoms with Gasteiger partial charge in [-0.15, -0.1) is 0 Å². The van der Waals surface area contributed by atoms with E-state index in [2.05, 4.69) is 5.32 Å². The van der Waals surface area contributed by atoms with Gasteiger partial charge in [0.05, 0.1) is 24.5 Å². The van der Waals surface area contributed by atoms with E-state index >= 15 is 0 Å². The molecule has 0 saturated carbocycles. The minimum Gasteiger partial charge on any atom is -0.494 e. The molecule has 2 aliphatic rings. The fraction of sp³-hybridized carbons (Fsp3) is 0.318. The number of amides is 3. The second-order valence-electron chi connectivity index (χ2n) is 7.11. The third-order valence-corrected chi connectivity index (χ3v) is 6.02. The van der Waals surface area contributed by atoms with Crippen LogP contribution >= 0.6 is 11.8 Å². The molecule has 0 bridgehead atoms. The van der Waals surface area contributed by atoms with Gasteiger partial charge in [0.25, 0.3) is 11.1 Å². The molecule has 0 spiro atoms. The number of para-hydroxylation sites is 1. The molecule has 1 fully saturated rings. The Morgan fingerprint density at radius 1 is 1.16 bits per heavy atom. The van der Waals surface area contributed by atoms with Crippen molar-refractivity contribution in [2.45, 2.75) is 18.1 Å². The topological polar surface area (TPSA) is 94.2 Å². The summed E-state index contributed by atoms with van der Waals surface area (Å²) in [5.74, 6) is 1.42. The molecule has 162 valence electrons. The number of methoxy groups -OCH3 is 1. The van der Waals surface area contributed by atoms with Gasteiger partial charge >= 0.3 is 0 Å². The average molecular weight is 442 g/mol. The zero-order valence-electron chi connectivity index (χ0n) is 17.0. The van der Waals surface area contributed by atoms with Crippen molar-refractivity contribution in [3.8, 4) is 17.2 Å². The van der Waals surface area contributed by atoms with E-state index in [-0.39, 0.29) is 29.0 Å². The zero-order valence-corrected chi connectivity index (χ0v) is 17.8. The molecule has 2 heterocycles. The van der Waals surface area contributed by atoms with Crippen LogP contribution in [0.2, 0.25) is 0 Å². The molecule has 3 amide bonds. The highest BCUT2D eigenvalue weighted by molar-refractivity contribution is 8.15. The molecule has 8 nitrogen and oxygen atoms in total. The Morgan fingerprint density at radius 3 is 2.68 bits per heavy atom. The van der Waals surface area contributed by atoms with Crippen LogP contribution in [0.3, 0.4) is 0 Å². The molecule has 0 radical (unpaired) electrons. The fourth-order valence-corrected chi connectivity index (χ4v) is 4.30. The first-order valence-electron chi connectivity index (χ1n) is 9.87. The minimum absolute atomic E-state index is 0.0863. The number of fused-ring (bicyclic) bond motifs is 1. The molecule has 2 aliphatic heterocycles. The maximum absolute atomic E-state index is 12.7. The maximum atomic E-state index is 12.7. The normalized spacial score (nSPS) is 17.8. The molecule has 9 heteroatoms. The van der Waals surface area contributed by atoms with E-state index in [9.17, 15) is 14.4 Å². The Kier molecular flexibility index (Phi) is 6.31. The summed E-state index contributed by atoms with van der Waals surface area (Å²) in [4.78, 5) is 37.2. The van der Waals surface area contributed by atoms with Gasteiger partial charge in [-0.05, 0) is 42.7 Å². The van der Waals surface area contributed by atoms with Gasteiger partial charge in [-0.2, -0.15) is 0 Å². The van der Waals surface area contributed by atoms with E-state index in [1.54, 1.807) is 30.2 Å². The van der Waals surface area contributed by atoms with E-state index in [0.717, 1.165) is 17.3 Å². The molecule has 31 heavy (non-hydrogen) atoms. The summed E-state index contributed by atoms with van der Waals surface area (Å²) in [5.41, 5.74) is 1.46. The summed E-state index contributed by atoms with van der Waals surface area (Å²) in [6.07, 6.45) is 1.14. The first-order chi connectivity index (χ1) is 15.0. The van der Waals surface area contributed by atoms with Gasteiger partial charge < -0.3 is 19.1 Å². The molecule has 0 aliphatic carbocycles. The van der Waals surface area contributed by atoms with Gasteiger partial charge in [-0.1, -0.05) is 30.0 Å². The number of rotatable bonds is 8. The van der Waals surface area contributed by atoms with Crippen LogP contribution < -0.4 is 19.5 Å². The number of ether oxygens (including phenoxy) is 3. The number of thioether (sulfide) groups is 1. The highest BCUT2D eigenvalue weighted by atomic mass is 32.2. The molecule has 1 unspecified atom stereocenters. The van der Waals surface area contributed by atoms with E-state index in [1.807, 2.05) is 24.3 Å². The molecule has 1 saturated heterocycles. The Bertz CT molecular complexity index is 994. The van der Waals surface area contributed by atoms with E-state index < -0.39 is 0 Å². The lowest BCUT2D eigenvalue weighted by Gasteiger charge is -2.29. The molecular formula is C22H22N2O6S. The number of nitrogens with one attached hydrogen (secondary N) is 1. The highest BCUT2D eigenvalue weighted by Crippen LogP contribution is 2.34. The van der Waals surface area contributed by atoms with Crippen LogP contribution in [0.4, 0.5) is 4.79 Å². The van der Waals surface area contributed by atoms with Crippen LogP contribution in [-0.2, 0) is 11.2 Å². The zero-order chi connectivity index (χ0) is 21.8. The first-order valence-corrected chi connectivity index (χ1v) is 10.8. The Balaban J connectivity index is 1.23. The highest BCUT2D eigenvalue weighted by Gasteiger charge is 2.31. The van der Waals surface area contributed by atoms with Crippen LogP contribution in [0.1, 0.15) is 22.3 Å². The Hall–Kier alpha value is -3.20. The second-order valence-corrected chi connectivity index (χ2v) is 8.29. The number of imide groups is 1. The van der Waals surface area contributed by atoms with Gasteiger partial charge in [0.1, 0.15) is 5.75 Å². The Labute approximate surface area is 183 Å². The molecule has 2 aromatic carbocycles. The lowest BCUT2D eigenvalue weighted by Crippen LogP contribution is -2.39. The molecule has 2 aromatic rings. The second kappa shape index (κ2) is 9.30. The third kappa shape index (κ3) is 4.77. The van der Waals surface area contributed by atoms with E-state index in [1.165, 1.54) is 0 Å². The molecular weight excluding hydrogens is 420 g/mol. The van der Waals surface area contributed by atoms with Crippen molar-refractivity contribution in [1.82, 2.24) is 10.2 Å². The van der Waals surface area contributed by atoms with Crippen molar-refractivity contribution in [1.29, 1.82) is 0 Å². The quantitative estimate of drug-likeness (QED) is 0.628. The van der Waals surface area contributed by atoms with Gasteiger partial charge in [-0.3, -0.25) is 19.7 Å². The molecule has 0 aromatic heterocycles. The van der Waals surface area contributed by atoms with Crippen LogP contribution in [0.5, 0.6) is 17.2 Å². The number of carbonyl (C=O) groups excluding carboxylic acids is 3. The summed E-state index contributed by atoms with van der Waals surface area (Å²) in [6.45, 7) is 1.13.